The van der Waals surface area contributed by atoms with E-state index in [0.717, 1.165) is 0 Å². The Morgan fingerprint density at radius 1 is 1.05 bits per heavy atom. The average Bonchev–Trinajstić information content (AvgIpc) is 2.82. The van der Waals surface area contributed by atoms with Gasteiger partial charge >= 0.3 is 11.9 Å². The summed E-state index contributed by atoms with van der Waals surface area (Å²) in [4.78, 5) is 34.1. The van der Waals surface area contributed by atoms with Gasteiger partial charge in [-0.1, -0.05) is 6.92 Å². The molecule has 0 spiro atoms. The first-order valence-corrected chi connectivity index (χ1v) is 6.75. The highest BCUT2D eigenvalue weighted by Crippen LogP contribution is 2.37. The molecule has 1 aromatic carbocycles. The van der Waals surface area contributed by atoms with Crippen LogP contribution < -0.4 is 5.32 Å². The summed E-state index contributed by atoms with van der Waals surface area (Å²) in [7, 11) is 0. The van der Waals surface area contributed by atoms with Gasteiger partial charge in [-0.15, -0.1) is 0 Å². The third-order valence-electron chi connectivity index (χ3n) is 3.85. The fraction of sp³-hybridized carbons (Fsp3) is 0.400. The topological polar surface area (TPSA) is 104 Å². The molecule has 1 aliphatic carbocycles. The molecule has 1 unspecified atom stereocenters. The van der Waals surface area contributed by atoms with E-state index in [9.17, 15) is 14.4 Å². The third-order valence-corrected chi connectivity index (χ3v) is 3.85. The van der Waals surface area contributed by atoms with Gasteiger partial charge in [0.2, 0.25) is 5.91 Å². The zero-order chi connectivity index (χ0) is 15.6. The van der Waals surface area contributed by atoms with E-state index in [0.29, 0.717) is 18.5 Å². The van der Waals surface area contributed by atoms with Crippen molar-refractivity contribution >= 4 is 23.5 Å². The summed E-state index contributed by atoms with van der Waals surface area (Å²) < 4.78 is 0. The van der Waals surface area contributed by atoms with Crippen LogP contribution in [0.1, 0.15) is 30.1 Å². The summed E-state index contributed by atoms with van der Waals surface area (Å²) in [6.45, 7) is 1.94. The molecule has 1 aromatic rings. The van der Waals surface area contributed by atoms with Gasteiger partial charge in [-0.3, -0.25) is 9.59 Å². The fourth-order valence-corrected chi connectivity index (χ4v) is 2.79. The highest BCUT2D eigenvalue weighted by atomic mass is 16.4. The molecular weight excluding hydrogens is 274 g/mol. The summed E-state index contributed by atoms with van der Waals surface area (Å²) in [6.07, 6.45) is 1.06. The average molecular weight is 291 g/mol. The van der Waals surface area contributed by atoms with E-state index in [2.05, 4.69) is 5.32 Å². The predicted octanol–water partition coefficient (Wildman–Crippen LogP) is 2.07. The second-order valence-corrected chi connectivity index (χ2v) is 5.50. The molecule has 2 rings (SSSR count). The number of carboxylic acid groups (broad SMARTS) is 2. The van der Waals surface area contributed by atoms with E-state index >= 15 is 0 Å². The number of carbonyl (C=O) groups excluding carboxylic acids is 1. The summed E-state index contributed by atoms with van der Waals surface area (Å²) >= 11 is 0. The summed E-state index contributed by atoms with van der Waals surface area (Å²) in [5, 5.41) is 20.6. The molecule has 112 valence electrons. The van der Waals surface area contributed by atoms with Gasteiger partial charge in [0.25, 0.3) is 0 Å². The Kier molecular flexibility index (Phi) is 4.26. The Morgan fingerprint density at radius 3 is 2.14 bits per heavy atom. The van der Waals surface area contributed by atoms with Crippen molar-refractivity contribution in [2.24, 2.45) is 17.8 Å². The molecule has 6 nitrogen and oxygen atoms in total. The number of rotatable bonds is 4. The van der Waals surface area contributed by atoms with Gasteiger partial charge in [0.15, 0.2) is 0 Å². The van der Waals surface area contributed by atoms with Crippen LogP contribution in [-0.2, 0) is 9.59 Å². The van der Waals surface area contributed by atoms with Crippen molar-refractivity contribution in [2.75, 3.05) is 5.32 Å². The van der Waals surface area contributed by atoms with Crippen molar-refractivity contribution in [1.82, 2.24) is 0 Å². The molecule has 0 bridgehead atoms. The highest BCUT2D eigenvalue weighted by molar-refractivity contribution is 5.96. The predicted molar refractivity (Wildman–Crippen MR) is 75.0 cm³/mol. The zero-order valence-electron chi connectivity index (χ0n) is 11.6. The van der Waals surface area contributed by atoms with Gasteiger partial charge in [-0.2, -0.15) is 0 Å². The van der Waals surface area contributed by atoms with E-state index in [1.165, 1.54) is 24.3 Å². The van der Waals surface area contributed by atoms with Crippen LogP contribution in [0.25, 0.3) is 0 Å². The fourth-order valence-electron chi connectivity index (χ4n) is 2.79. The molecule has 0 saturated heterocycles. The van der Waals surface area contributed by atoms with Gasteiger partial charge in [-0.05, 0) is 43.0 Å². The van der Waals surface area contributed by atoms with Crippen molar-refractivity contribution in [3.8, 4) is 0 Å². The molecule has 3 N–H and O–H groups in total. The lowest BCUT2D eigenvalue weighted by atomic mass is 9.95. The lowest BCUT2D eigenvalue weighted by Crippen LogP contribution is -2.29. The maximum atomic E-state index is 12.2. The largest absolute Gasteiger partial charge is 0.481 e. The van der Waals surface area contributed by atoms with Crippen molar-refractivity contribution in [3.63, 3.8) is 0 Å². The number of amides is 1. The minimum Gasteiger partial charge on any atom is -0.481 e. The molecule has 0 heterocycles. The number of hydrogen-bond acceptors (Lipinski definition) is 3. The van der Waals surface area contributed by atoms with E-state index in [1.54, 1.807) is 0 Å². The minimum absolute atomic E-state index is 0.130. The molecule has 0 aromatic heterocycles. The molecule has 0 aliphatic heterocycles. The summed E-state index contributed by atoms with van der Waals surface area (Å²) in [5.74, 6) is -3.30. The van der Waals surface area contributed by atoms with Crippen molar-refractivity contribution in [2.45, 2.75) is 19.8 Å². The van der Waals surface area contributed by atoms with Crippen molar-refractivity contribution < 1.29 is 24.6 Å². The van der Waals surface area contributed by atoms with Crippen LogP contribution >= 0.6 is 0 Å². The Hall–Kier alpha value is -2.37. The molecule has 1 fully saturated rings. The third kappa shape index (κ3) is 3.39. The van der Waals surface area contributed by atoms with Gasteiger partial charge in [0.1, 0.15) is 0 Å². The monoisotopic (exact) mass is 291 g/mol. The van der Waals surface area contributed by atoms with E-state index in [-0.39, 0.29) is 17.4 Å². The molecule has 6 heteroatoms. The molecule has 1 amide bonds. The van der Waals surface area contributed by atoms with Crippen LogP contribution in [0.4, 0.5) is 5.69 Å². The lowest BCUT2D eigenvalue weighted by Gasteiger charge is -2.15. The maximum Gasteiger partial charge on any atom is 0.335 e. The first-order chi connectivity index (χ1) is 9.88. The highest BCUT2D eigenvalue weighted by Gasteiger charge is 2.41. The van der Waals surface area contributed by atoms with Crippen LogP contribution in [-0.4, -0.2) is 28.1 Å². The number of anilines is 1. The molecule has 21 heavy (non-hydrogen) atoms. The standard InChI is InChI=1S/C15H17NO5/c1-8-6-11(12(7-8)15(20)21)13(17)16-10-4-2-9(3-5-10)14(18)19/h2-5,8,11-12H,6-7H2,1H3,(H,16,17)(H,18,19)(H,20,21)/t8?,11-,12+/m0/s1. The van der Waals surface area contributed by atoms with Gasteiger partial charge in [-0.25, -0.2) is 4.79 Å². The zero-order valence-corrected chi connectivity index (χ0v) is 11.6. The smallest absolute Gasteiger partial charge is 0.335 e. The van der Waals surface area contributed by atoms with Crippen LogP contribution in [0, 0.1) is 17.8 Å². The van der Waals surface area contributed by atoms with Gasteiger partial charge in [0.05, 0.1) is 17.4 Å². The molecule has 3 atom stereocenters. The van der Waals surface area contributed by atoms with Crippen molar-refractivity contribution in [3.05, 3.63) is 29.8 Å². The van der Waals surface area contributed by atoms with Crippen LogP contribution in [0.5, 0.6) is 0 Å². The molecular formula is C15H17NO5. The Balaban J connectivity index is 2.06. The van der Waals surface area contributed by atoms with Crippen LogP contribution in [0.2, 0.25) is 0 Å². The van der Waals surface area contributed by atoms with Crippen LogP contribution in [0.15, 0.2) is 24.3 Å². The summed E-state index contributed by atoms with van der Waals surface area (Å²) in [5.41, 5.74) is 0.597. The molecule has 1 saturated carbocycles. The lowest BCUT2D eigenvalue weighted by molar-refractivity contribution is -0.145. The van der Waals surface area contributed by atoms with E-state index in [1.807, 2.05) is 6.92 Å². The number of benzene rings is 1. The SMILES string of the molecule is CC1C[C@H](C(=O)Nc2ccc(C(=O)O)cc2)[C@H](C(=O)O)C1. The first kappa shape index (κ1) is 15.0. The van der Waals surface area contributed by atoms with Gasteiger partial charge in [0, 0.05) is 5.69 Å². The van der Waals surface area contributed by atoms with Gasteiger partial charge < -0.3 is 15.5 Å². The summed E-state index contributed by atoms with van der Waals surface area (Å²) in [6, 6.07) is 5.78. The quantitative estimate of drug-likeness (QED) is 0.787. The number of aromatic carboxylic acids is 1. The normalized spacial score (nSPS) is 24.5. The minimum atomic E-state index is -1.04. The first-order valence-electron chi connectivity index (χ1n) is 6.75. The molecule has 0 radical (unpaired) electrons. The Morgan fingerprint density at radius 2 is 1.62 bits per heavy atom. The van der Waals surface area contributed by atoms with Crippen molar-refractivity contribution in [1.29, 1.82) is 0 Å². The second-order valence-electron chi connectivity index (χ2n) is 5.50. The molecule has 1 aliphatic rings. The van der Waals surface area contributed by atoms with Crippen LogP contribution in [0.3, 0.4) is 0 Å². The maximum absolute atomic E-state index is 12.2. The number of aliphatic carboxylic acids is 1. The Bertz CT molecular complexity index is 566. The Labute approximate surface area is 121 Å². The second kappa shape index (κ2) is 5.95. The number of carboxylic acids is 2. The number of hydrogen-bond donors (Lipinski definition) is 3. The van der Waals surface area contributed by atoms with E-state index < -0.39 is 23.8 Å². The van der Waals surface area contributed by atoms with E-state index in [4.69, 9.17) is 10.2 Å². The number of nitrogens with one attached hydrogen (secondary N) is 1. The number of carbonyl (C=O) groups is 3.